The van der Waals surface area contributed by atoms with Crippen LogP contribution in [0.1, 0.15) is 29.8 Å². The van der Waals surface area contributed by atoms with E-state index < -0.39 is 12.2 Å². The van der Waals surface area contributed by atoms with Crippen molar-refractivity contribution in [1.29, 1.82) is 0 Å². The maximum Gasteiger partial charge on any atom is 0.191 e. The quantitative estimate of drug-likeness (QED) is 0.546. The molecule has 0 aliphatic rings. The van der Waals surface area contributed by atoms with Gasteiger partial charge in [0.2, 0.25) is 0 Å². The zero-order valence-corrected chi connectivity index (χ0v) is 18.5. The molecule has 0 heterocycles. The smallest absolute Gasteiger partial charge is 0.191 e. The summed E-state index contributed by atoms with van der Waals surface area (Å²) in [5.74, 6) is -0.0682. The largest absolute Gasteiger partial charge is 0.389 e. The van der Waals surface area contributed by atoms with Gasteiger partial charge < -0.3 is 20.1 Å². The molecule has 29 heavy (non-hydrogen) atoms. The van der Waals surface area contributed by atoms with E-state index >= 15 is 0 Å². The average Bonchev–Trinajstić information content (AvgIpc) is 2.70. The molecule has 0 saturated heterocycles. The Morgan fingerprint density at radius 2 is 1.69 bits per heavy atom. The summed E-state index contributed by atoms with van der Waals surface area (Å²) >= 11 is 0. The van der Waals surface area contributed by atoms with Crippen LogP contribution < -0.4 is 10.2 Å². The lowest BCUT2D eigenvalue weighted by Gasteiger charge is -2.21. The van der Waals surface area contributed by atoms with Gasteiger partial charge in [-0.15, -0.1) is 12.4 Å². The number of hydrogen-bond acceptors (Lipinski definition) is 5. The van der Waals surface area contributed by atoms with E-state index in [4.69, 9.17) is 4.74 Å². The molecule has 0 saturated carbocycles. The van der Waals surface area contributed by atoms with E-state index in [2.05, 4.69) is 5.32 Å². The monoisotopic (exact) mass is 420 g/mol. The van der Waals surface area contributed by atoms with E-state index in [-0.39, 0.29) is 30.8 Å². The van der Waals surface area contributed by atoms with Gasteiger partial charge in [-0.3, -0.25) is 4.79 Å². The highest BCUT2D eigenvalue weighted by Crippen LogP contribution is 2.17. The Labute approximate surface area is 180 Å². The molecule has 5 nitrogen and oxygen atoms in total. The predicted molar refractivity (Wildman–Crippen MR) is 121 cm³/mol. The Morgan fingerprint density at radius 1 is 1.07 bits per heavy atom. The van der Waals surface area contributed by atoms with Gasteiger partial charge in [0.05, 0.1) is 12.7 Å². The van der Waals surface area contributed by atoms with Gasteiger partial charge in [-0.05, 0) is 17.7 Å². The SMILES string of the molecule is CC(C)NCC(O)COC(Cc1ccc(N(C)C)cc1)C(=O)c1ccccc1.Cl. The molecule has 2 rings (SSSR count). The molecule has 2 aromatic rings. The molecule has 2 N–H and O–H groups in total. The molecule has 0 fully saturated rings. The molecule has 160 valence electrons. The van der Waals surface area contributed by atoms with Gasteiger partial charge in [-0.1, -0.05) is 56.3 Å². The van der Waals surface area contributed by atoms with Crippen molar-refractivity contribution < 1.29 is 14.6 Å². The zero-order chi connectivity index (χ0) is 20.5. The first kappa shape index (κ1) is 25.1. The van der Waals surface area contributed by atoms with E-state index in [9.17, 15) is 9.90 Å². The highest BCUT2D eigenvalue weighted by atomic mass is 35.5. The van der Waals surface area contributed by atoms with Crippen molar-refractivity contribution in [2.24, 2.45) is 0 Å². The maximum atomic E-state index is 13.0. The van der Waals surface area contributed by atoms with Crippen LogP contribution in [0.4, 0.5) is 5.69 Å². The van der Waals surface area contributed by atoms with Crippen LogP contribution in [-0.2, 0) is 11.2 Å². The number of nitrogens with zero attached hydrogens (tertiary/aromatic N) is 1. The highest BCUT2D eigenvalue weighted by Gasteiger charge is 2.22. The average molecular weight is 421 g/mol. The van der Waals surface area contributed by atoms with Crippen LogP contribution in [0.25, 0.3) is 0 Å². The number of anilines is 1. The van der Waals surface area contributed by atoms with E-state index in [0.717, 1.165) is 11.3 Å². The molecule has 0 bridgehead atoms. The summed E-state index contributed by atoms with van der Waals surface area (Å²) in [6.45, 7) is 4.58. The molecular formula is C23H33ClN2O3. The van der Waals surface area contributed by atoms with Crippen LogP contribution >= 0.6 is 12.4 Å². The fraction of sp³-hybridized carbons (Fsp3) is 0.435. The van der Waals surface area contributed by atoms with Crippen molar-refractivity contribution in [3.63, 3.8) is 0 Å². The van der Waals surface area contributed by atoms with Gasteiger partial charge in [0.15, 0.2) is 5.78 Å². The van der Waals surface area contributed by atoms with Gasteiger partial charge in [0.1, 0.15) is 6.10 Å². The Hall–Kier alpha value is -1.92. The number of hydrogen-bond donors (Lipinski definition) is 2. The van der Waals surface area contributed by atoms with Crippen molar-refractivity contribution >= 4 is 23.9 Å². The van der Waals surface area contributed by atoms with Gasteiger partial charge in [-0.2, -0.15) is 0 Å². The lowest BCUT2D eigenvalue weighted by Crippen LogP contribution is -2.37. The summed E-state index contributed by atoms with van der Waals surface area (Å²) in [5, 5.41) is 13.3. The summed E-state index contributed by atoms with van der Waals surface area (Å²) in [5.41, 5.74) is 2.74. The topological polar surface area (TPSA) is 61.8 Å². The number of halogens is 1. The fourth-order valence-electron chi connectivity index (χ4n) is 2.82. The fourth-order valence-corrected chi connectivity index (χ4v) is 2.82. The van der Waals surface area contributed by atoms with E-state index in [1.807, 2.05) is 75.3 Å². The first-order valence-corrected chi connectivity index (χ1v) is 9.75. The van der Waals surface area contributed by atoms with E-state index in [1.165, 1.54) is 0 Å². The minimum absolute atomic E-state index is 0. The number of ketones is 1. The number of rotatable bonds is 11. The minimum atomic E-state index is -0.662. The summed E-state index contributed by atoms with van der Waals surface area (Å²) in [6, 6.07) is 17.5. The molecule has 2 aromatic carbocycles. The Bertz CT molecular complexity index is 721. The molecule has 0 spiro atoms. The molecule has 6 heteroatoms. The third-order valence-corrected chi connectivity index (χ3v) is 4.48. The summed E-state index contributed by atoms with van der Waals surface area (Å²) in [4.78, 5) is 15.0. The first-order chi connectivity index (χ1) is 13.4. The number of aliphatic hydroxyl groups is 1. The van der Waals surface area contributed by atoms with Crippen molar-refractivity contribution in [3.8, 4) is 0 Å². The number of benzene rings is 2. The van der Waals surface area contributed by atoms with Gasteiger partial charge in [0.25, 0.3) is 0 Å². The number of Topliss-reactive ketones (excluding diaryl/α,β-unsaturated/α-hetero) is 1. The highest BCUT2D eigenvalue weighted by molar-refractivity contribution is 5.99. The van der Waals surface area contributed by atoms with Gasteiger partial charge >= 0.3 is 0 Å². The second-order valence-electron chi connectivity index (χ2n) is 7.53. The minimum Gasteiger partial charge on any atom is -0.389 e. The molecule has 2 unspecified atom stereocenters. The summed E-state index contributed by atoms with van der Waals surface area (Å²) in [6.07, 6.45) is -0.836. The van der Waals surface area contributed by atoms with Crippen molar-refractivity contribution in [2.45, 2.75) is 38.5 Å². The third kappa shape index (κ3) is 8.54. The molecule has 0 radical (unpaired) electrons. The van der Waals surface area contributed by atoms with Crippen LogP contribution in [0.2, 0.25) is 0 Å². The zero-order valence-electron chi connectivity index (χ0n) is 17.7. The Balaban J connectivity index is 0.00000420. The van der Waals surface area contributed by atoms with Crippen molar-refractivity contribution in [1.82, 2.24) is 5.32 Å². The number of aliphatic hydroxyl groups excluding tert-OH is 1. The lowest BCUT2D eigenvalue weighted by atomic mass is 9.99. The van der Waals surface area contributed by atoms with Crippen LogP contribution in [0, 0.1) is 0 Å². The van der Waals surface area contributed by atoms with Crippen LogP contribution in [0.15, 0.2) is 54.6 Å². The van der Waals surface area contributed by atoms with Crippen LogP contribution in [-0.4, -0.2) is 56.4 Å². The van der Waals surface area contributed by atoms with Crippen LogP contribution in [0.5, 0.6) is 0 Å². The standard InChI is InChI=1S/C23H32N2O3.ClH/c1-17(2)24-15-21(26)16-28-22(23(27)19-8-6-5-7-9-19)14-18-10-12-20(13-11-18)25(3)4;/h5-13,17,21-22,24,26H,14-16H2,1-4H3;1H. The second-order valence-corrected chi connectivity index (χ2v) is 7.53. The molecule has 2 atom stereocenters. The first-order valence-electron chi connectivity index (χ1n) is 9.75. The van der Waals surface area contributed by atoms with Gasteiger partial charge in [0, 0.05) is 44.4 Å². The number of carbonyl (C=O) groups is 1. The Morgan fingerprint density at radius 3 is 2.24 bits per heavy atom. The normalized spacial score (nSPS) is 12.9. The van der Waals surface area contributed by atoms with Gasteiger partial charge in [-0.25, -0.2) is 0 Å². The predicted octanol–water partition coefficient (Wildman–Crippen LogP) is 3.34. The molecule has 0 aliphatic carbocycles. The van der Waals surface area contributed by atoms with Crippen molar-refractivity contribution in [2.75, 3.05) is 32.1 Å². The van der Waals surface area contributed by atoms with Crippen LogP contribution in [0.3, 0.4) is 0 Å². The van der Waals surface area contributed by atoms with E-state index in [1.54, 1.807) is 12.1 Å². The second kappa shape index (κ2) is 12.6. The Kier molecular flexibility index (Phi) is 10.9. The van der Waals surface area contributed by atoms with E-state index in [0.29, 0.717) is 18.5 Å². The third-order valence-electron chi connectivity index (χ3n) is 4.48. The number of carbonyl (C=O) groups excluding carboxylic acids is 1. The molecular weight excluding hydrogens is 388 g/mol. The maximum absolute atomic E-state index is 13.0. The van der Waals surface area contributed by atoms with Crippen molar-refractivity contribution in [3.05, 3.63) is 65.7 Å². The molecule has 0 amide bonds. The summed E-state index contributed by atoms with van der Waals surface area (Å²) < 4.78 is 5.88. The number of nitrogens with one attached hydrogen (secondary N) is 1. The number of ether oxygens (including phenoxy) is 1. The molecule has 0 aromatic heterocycles. The summed E-state index contributed by atoms with van der Waals surface area (Å²) in [7, 11) is 3.98. The molecule has 0 aliphatic heterocycles. The lowest BCUT2D eigenvalue weighted by molar-refractivity contribution is -0.00216.